The maximum absolute atomic E-state index is 13.7. The third-order valence-corrected chi connectivity index (χ3v) is 2.97. The van der Waals surface area contributed by atoms with Gasteiger partial charge in [-0.15, -0.1) is 0 Å². The average Bonchev–Trinajstić information content (AvgIpc) is 2.37. The van der Waals surface area contributed by atoms with Crippen LogP contribution >= 0.6 is 23.8 Å². The average molecular weight is 296 g/mol. The van der Waals surface area contributed by atoms with Crippen LogP contribution in [-0.4, -0.2) is 4.99 Å². The van der Waals surface area contributed by atoms with Gasteiger partial charge in [0.1, 0.15) is 11.6 Å². The predicted octanol–water partition coefficient (Wildman–Crippen LogP) is 3.69. The van der Waals surface area contributed by atoms with Crippen LogP contribution < -0.4 is 10.5 Å². The maximum atomic E-state index is 13.7. The van der Waals surface area contributed by atoms with E-state index in [9.17, 15) is 4.39 Å². The fraction of sp³-hybridized carbons (Fsp3) is 0.0714. The molecule has 0 bridgehead atoms. The second-order valence-electron chi connectivity index (χ2n) is 3.93. The van der Waals surface area contributed by atoms with Crippen molar-refractivity contribution in [1.29, 1.82) is 0 Å². The van der Waals surface area contributed by atoms with Gasteiger partial charge in [0, 0.05) is 10.6 Å². The minimum absolute atomic E-state index is 0.153. The number of nitrogens with two attached hydrogens (primary N) is 1. The van der Waals surface area contributed by atoms with E-state index in [2.05, 4.69) is 0 Å². The first-order chi connectivity index (χ1) is 9.06. The number of thiocarbonyl (C=S) groups is 1. The molecular formula is C14H11ClFNOS. The van der Waals surface area contributed by atoms with E-state index in [4.69, 9.17) is 34.3 Å². The Morgan fingerprint density at radius 1 is 1.26 bits per heavy atom. The highest BCUT2D eigenvalue weighted by Crippen LogP contribution is 2.20. The third kappa shape index (κ3) is 3.66. The number of benzene rings is 2. The Labute approximate surface area is 120 Å². The zero-order valence-electron chi connectivity index (χ0n) is 9.90. The van der Waals surface area contributed by atoms with Crippen LogP contribution in [0.25, 0.3) is 0 Å². The molecule has 0 fully saturated rings. The summed E-state index contributed by atoms with van der Waals surface area (Å²) in [7, 11) is 0. The number of ether oxygens (including phenoxy) is 1. The van der Waals surface area contributed by atoms with Gasteiger partial charge in [-0.1, -0.05) is 36.0 Å². The van der Waals surface area contributed by atoms with Crippen LogP contribution in [0.3, 0.4) is 0 Å². The molecule has 0 amide bonds. The minimum atomic E-state index is -0.493. The topological polar surface area (TPSA) is 35.2 Å². The Hall–Kier alpha value is -1.65. The van der Waals surface area contributed by atoms with Gasteiger partial charge in [-0.05, 0) is 35.9 Å². The first-order valence-electron chi connectivity index (χ1n) is 5.53. The lowest BCUT2D eigenvalue weighted by Crippen LogP contribution is -2.09. The highest BCUT2D eigenvalue weighted by atomic mass is 35.5. The van der Waals surface area contributed by atoms with Gasteiger partial charge >= 0.3 is 0 Å². The number of hydrogen-bond acceptors (Lipinski definition) is 2. The Morgan fingerprint density at radius 3 is 2.68 bits per heavy atom. The Kier molecular flexibility index (Phi) is 4.35. The van der Waals surface area contributed by atoms with Gasteiger partial charge in [0.2, 0.25) is 0 Å². The quantitative estimate of drug-likeness (QED) is 0.874. The second kappa shape index (κ2) is 5.99. The number of halogens is 2. The summed E-state index contributed by atoms with van der Waals surface area (Å²) >= 11 is 10.6. The molecule has 0 unspecified atom stereocenters. The van der Waals surface area contributed by atoms with Crippen molar-refractivity contribution >= 4 is 28.8 Å². The van der Waals surface area contributed by atoms with E-state index in [0.717, 1.165) is 5.56 Å². The number of hydrogen-bond donors (Lipinski definition) is 1. The second-order valence-corrected chi connectivity index (χ2v) is 4.80. The molecule has 0 saturated carbocycles. The first kappa shape index (κ1) is 13.8. The maximum Gasteiger partial charge on any atom is 0.165 e. The molecule has 0 spiro atoms. The summed E-state index contributed by atoms with van der Waals surface area (Å²) < 4.78 is 19.1. The van der Waals surface area contributed by atoms with Gasteiger partial charge in [0.05, 0.1) is 0 Å². The fourth-order valence-electron chi connectivity index (χ4n) is 1.56. The SMILES string of the molecule is NC(=S)c1ccc(OCc2cccc(Cl)c2)c(F)c1. The van der Waals surface area contributed by atoms with Crippen LogP contribution in [0.2, 0.25) is 5.02 Å². The lowest BCUT2D eigenvalue weighted by atomic mass is 10.2. The van der Waals surface area contributed by atoms with Gasteiger partial charge in [0.25, 0.3) is 0 Å². The van der Waals surface area contributed by atoms with Crippen LogP contribution in [0.15, 0.2) is 42.5 Å². The molecule has 19 heavy (non-hydrogen) atoms. The monoisotopic (exact) mass is 295 g/mol. The Balaban J connectivity index is 2.10. The zero-order valence-corrected chi connectivity index (χ0v) is 11.5. The molecule has 2 aromatic carbocycles. The van der Waals surface area contributed by atoms with Gasteiger partial charge in [0.15, 0.2) is 11.6 Å². The molecule has 2 N–H and O–H groups in total. The van der Waals surface area contributed by atoms with Crippen molar-refractivity contribution in [3.05, 3.63) is 64.4 Å². The Morgan fingerprint density at radius 2 is 2.05 bits per heavy atom. The molecule has 0 aromatic heterocycles. The van der Waals surface area contributed by atoms with E-state index in [1.165, 1.54) is 12.1 Å². The largest absolute Gasteiger partial charge is 0.486 e. The van der Waals surface area contributed by atoms with Crippen molar-refractivity contribution in [1.82, 2.24) is 0 Å². The normalized spacial score (nSPS) is 10.2. The van der Waals surface area contributed by atoms with Crippen LogP contribution in [0, 0.1) is 5.82 Å². The van der Waals surface area contributed by atoms with E-state index >= 15 is 0 Å². The summed E-state index contributed by atoms with van der Waals surface area (Å²) in [6.07, 6.45) is 0. The summed E-state index contributed by atoms with van der Waals surface area (Å²) in [5.41, 5.74) is 6.76. The molecule has 0 aliphatic heterocycles. The van der Waals surface area contributed by atoms with Crippen LogP contribution in [0.1, 0.15) is 11.1 Å². The zero-order chi connectivity index (χ0) is 13.8. The van der Waals surface area contributed by atoms with E-state index < -0.39 is 5.82 Å². The molecule has 0 radical (unpaired) electrons. The molecule has 0 aliphatic carbocycles. The van der Waals surface area contributed by atoms with Crippen molar-refractivity contribution < 1.29 is 9.13 Å². The number of rotatable bonds is 4. The van der Waals surface area contributed by atoms with E-state index in [0.29, 0.717) is 10.6 Å². The van der Waals surface area contributed by atoms with Crippen molar-refractivity contribution in [2.24, 2.45) is 5.73 Å². The van der Waals surface area contributed by atoms with E-state index in [1.807, 2.05) is 12.1 Å². The highest BCUT2D eigenvalue weighted by Gasteiger charge is 2.06. The molecule has 2 aromatic rings. The van der Waals surface area contributed by atoms with E-state index in [-0.39, 0.29) is 17.3 Å². The molecule has 5 heteroatoms. The van der Waals surface area contributed by atoms with Crippen LogP contribution in [0.5, 0.6) is 5.75 Å². The van der Waals surface area contributed by atoms with Crippen LogP contribution in [0.4, 0.5) is 4.39 Å². The summed E-state index contributed by atoms with van der Waals surface area (Å²) in [4.78, 5) is 0.153. The first-order valence-corrected chi connectivity index (χ1v) is 6.31. The molecule has 98 valence electrons. The minimum Gasteiger partial charge on any atom is -0.486 e. The van der Waals surface area contributed by atoms with Crippen molar-refractivity contribution in [3.63, 3.8) is 0 Å². The van der Waals surface area contributed by atoms with Crippen molar-refractivity contribution in [3.8, 4) is 5.75 Å². The lowest BCUT2D eigenvalue weighted by Gasteiger charge is -2.08. The molecule has 0 saturated heterocycles. The van der Waals surface area contributed by atoms with Crippen molar-refractivity contribution in [2.75, 3.05) is 0 Å². The summed E-state index contributed by atoms with van der Waals surface area (Å²) in [5, 5.41) is 0.616. The molecule has 0 aliphatic rings. The third-order valence-electron chi connectivity index (χ3n) is 2.50. The summed E-state index contributed by atoms with van der Waals surface area (Å²) in [5.74, 6) is -0.340. The van der Waals surface area contributed by atoms with Crippen molar-refractivity contribution in [2.45, 2.75) is 6.61 Å². The predicted molar refractivity (Wildman–Crippen MR) is 78.1 cm³/mol. The summed E-state index contributed by atoms with van der Waals surface area (Å²) in [6.45, 7) is 0.240. The fourth-order valence-corrected chi connectivity index (χ4v) is 1.90. The van der Waals surface area contributed by atoms with Crippen LogP contribution in [-0.2, 0) is 6.61 Å². The van der Waals surface area contributed by atoms with E-state index in [1.54, 1.807) is 18.2 Å². The van der Waals surface area contributed by atoms with Gasteiger partial charge in [-0.3, -0.25) is 0 Å². The Bertz CT molecular complexity index is 618. The molecule has 2 nitrogen and oxygen atoms in total. The van der Waals surface area contributed by atoms with Gasteiger partial charge in [-0.25, -0.2) is 4.39 Å². The molecule has 0 atom stereocenters. The standard InChI is InChI=1S/C14H11ClFNOS/c15-11-3-1-2-9(6-11)8-18-13-5-4-10(14(17)19)7-12(13)16/h1-7H,8H2,(H2,17,19). The smallest absolute Gasteiger partial charge is 0.165 e. The van der Waals surface area contributed by atoms with Gasteiger partial charge in [-0.2, -0.15) is 0 Å². The lowest BCUT2D eigenvalue weighted by molar-refractivity contribution is 0.290. The summed E-state index contributed by atoms with van der Waals surface area (Å²) in [6, 6.07) is 11.6. The molecular weight excluding hydrogens is 285 g/mol. The van der Waals surface area contributed by atoms with Gasteiger partial charge < -0.3 is 10.5 Å². The molecule has 0 heterocycles. The molecule has 2 rings (SSSR count). The highest BCUT2D eigenvalue weighted by molar-refractivity contribution is 7.80.